The molecule has 15 heteroatoms. The monoisotopic (exact) mass is 842 g/mol. The average molecular weight is 843 g/mol. The van der Waals surface area contributed by atoms with Gasteiger partial charge in [-0.1, -0.05) is 68.4 Å². The van der Waals surface area contributed by atoms with Crippen molar-refractivity contribution in [1.82, 2.24) is 40.4 Å². The Morgan fingerprint density at radius 3 is 2.13 bits per heavy atom. The van der Waals surface area contributed by atoms with Gasteiger partial charge in [0.25, 0.3) is 0 Å². The molecule has 2 aromatic carbocycles. The average Bonchev–Trinajstić information content (AvgIpc) is 4.11. The zero-order valence-electron chi connectivity index (χ0n) is 33.5. The molecule has 13 nitrogen and oxygen atoms in total. The number of rotatable bonds is 11. The van der Waals surface area contributed by atoms with Crippen molar-refractivity contribution in [3.05, 3.63) is 107 Å². The Bertz CT molecular complexity index is 2550. The number of fused-ring (bicyclic) bond motifs is 1. The molecule has 2 aliphatic rings. The molecule has 2 saturated heterocycles. The predicted octanol–water partition coefficient (Wildman–Crippen LogP) is 6.48. The van der Waals surface area contributed by atoms with E-state index in [-0.39, 0.29) is 35.7 Å². The zero-order valence-corrected chi connectivity index (χ0v) is 35.2. The normalized spacial score (nSPS) is 17.4. The Morgan fingerprint density at radius 2 is 1.47 bits per heavy atom. The number of hydrogen-bond acceptors (Lipinski definition) is 9. The fourth-order valence-electron chi connectivity index (χ4n) is 8.05. The van der Waals surface area contributed by atoms with Gasteiger partial charge in [0.15, 0.2) is 0 Å². The second-order valence-corrected chi connectivity index (χ2v) is 17.7. The molecule has 2 aliphatic heterocycles. The molecule has 0 saturated carbocycles. The maximum atomic E-state index is 13.8. The van der Waals surface area contributed by atoms with Gasteiger partial charge in [-0.15, -0.1) is 22.7 Å². The van der Waals surface area contributed by atoms with Crippen molar-refractivity contribution in [3.63, 3.8) is 0 Å². The Labute approximate surface area is 355 Å². The van der Waals surface area contributed by atoms with Gasteiger partial charge >= 0.3 is 0 Å². The minimum absolute atomic E-state index is 0.133. The summed E-state index contributed by atoms with van der Waals surface area (Å²) in [6, 6.07) is 20.0. The Kier molecular flexibility index (Phi) is 12.0. The Hall–Kier alpha value is -6.08. The van der Waals surface area contributed by atoms with E-state index < -0.39 is 24.6 Å². The van der Waals surface area contributed by atoms with Crippen molar-refractivity contribution < 1.29 is 24.3 Å². The van der Waals surface area contributed by atoms with Crippen LogP contribution in [0.5, 0.6) is 0 Å². The number of carbonyl (C=O) groups is 4. The summed E-state index contributed by atoms with van der Waals surface area (Å²) in [7, 11) is 0. The SMILES string of the molecule is CC(=O)N[C@@H](C(=O)N1CCCC1c1ncc(C#Cc2cc3sc(-c4ccc(-c5cnc([C@@H]6CCCN6C(=O)[C@@H](NC(=O)CO)C(C)C)[nH]5)cc4)cc3s2)[nH]1)c1ccccc1. The fourth-order valence-corrected chi connectivity index (χ4v) is 10.3. The van der Waals surface area contributed by atoms with Crippen molar-refractivity contribution in [2.24, 2.45) is 5.92 Å². The Balaban J connectivity index is 0.910. The van der Waals surface area contributed by atoms with E-state index in [1.54, 1.807) is 44.9 Å². The number of thiophene rings is 2. The lowest BCUT2D eigenvalue weighted by atomic mass is 10.0. The fraction of sp³-hybridized carbons (Fsp3) is 0.333. The molecule has 0 spiro atoms. The van der Waals surface area contributed by atoms with Gasteiger partial charge in [-0.3, -0.25) is 19.2 Å². The Morgan fingerprint density at radius 1 is 0.817 bits per heavy atom. The molecule has 0 bridgehead atoms. The highest BCUT2D eigenvalue weighted by Crippen LogP contribution is 2.39. The van der Waals surface area contributed by atoms with E-state index in [9.17, 15) is 24.3 Å². The van der Waals surface area contributed by atoms with Crippen LogP contribution in [0, 0.1) is 17.8 Å². The van der Waals surface area contributed by atoms with Crippen molar-refractivity contribution in [2.75, 3.05) is 19.7 Å². The first kappa shape index (κ1) is 40.7. The summed E-state index contributed by atoms with van der Waals surface area (Å²) in [5, 5.41) is 14.7. The smallest absolute Gasteiger partial charge is 0.250 e. The summed E-state index contributed by atoms with van der Waals surface area (Å²) in [5.41, 5.74) is 4.36. The lowest BCUT2D eigenvalue weighted by molar-refractivity contribution is -0.139. The van der Waals surface area contributed by atoms with Gasteiger partial charge in [0.05, 0.1) is 35.0 Å². The summed E-state index contributed by atoms with van der Waals surface area (Å²) < 4.78 is 2.32. The molecule has 60 heavy (non-hydrogen) atoms. The first-order valence-corrected chi connectivity index (χ1v) is 21.8. The standard InChI is InChI=1S/C45H46N8O5S2/c1-26(2)40(51-39(56)25-54)44(57)52-19-8-12-35(52)43-47-24-33(50-43)28-13-15-29(16-14-28)36-22-38-37(60-36)21-32(59-38)18-17-31-23-46-42(49-31)34-11-7-20-53(34)45(58)41(48-27(3)55)30-9-5-4-6-10-30/h4-6,9-10,13-16,21-24,26,34-35,40-41,54H,7-8,11-12,19-20,25H2,1-3H3,(H,46,49)(H,47,50)(H,48,55)(H,51,56)/t34?,35-,40-,41+/m0/s1. The number of likely N-dealkylation sites (tertiary alicyclic amines) is 2. The van der Waals surface area contributed by atoms with E-state index in [0.29, 0.717) is 30.4 Å². The number of aromatic amines is 2. The number of aromatic nitrogens is 4. The molecule has 1 unspecified atom stereocenters. The number of aliphatic hydroxyl groups excluding tert-OH is 1. The van der Waals surface area contributed by atoms with Crippen LogP contribution in [0.25, 0.3) is 31.1 Å². The molecular formula is C45H46N8O5S2. The maximum absolute atomic E-state index is 13.8. The second kappa shape index (κ2) is 17.6. The van der Waals surface area contributed by atoms with Crippen LogP contribution in [0.15, 0.2) is 79.1 Å². The van der Waals surface area contributed by atoms with Crippen molar-refractivity contribution in [1.29, 1.82) is 0 Å². The van der Waals surface area contributed by atoms with E-state index in [1.165, 1.54) is 6.92 Å². The van der Waals surface area contributed by atoms with Crippen LogP contribution in [0.1, 0.15) is 92.4 Å². The highest BCUT2D eigenvalue weighted by molar-refractivity contribution is 7.29. The maximum Gasteiger partial charge on any atom is 0.250 e. The molecule has 2 fully saturated rings. The van der Waals surface area contributed by atoms with E-state index in [2.05, 4.69) is 78.8 Å². The van der Waals surface area contributed by atoms with E-state index >= 15 is 0 Å². The quantitative estimate of drug-likeness (QED) is 0.0928. The first-order valence-electron chi connectivity index (χ1n) is 20.2. The first-order chi connectivity index (χ1) is 29.1. The summed E-state index contributed by atoms with van der Waals surface area (Å²) in [4.78, 5) is 73.0. The number of nitrogens with zero attached hydrogens (tertiary/aromatic N) is 4. The van der Waals surface area contributed by atoms with Gasteiger partial charge in [0, 0.05) is 34.3 Å². The zero-order chi connectivity index (χ0) is 41.9. The lowest BCUT2D eigenvalue weighted by Gasteiger charge is -2.30. The number of imidazole rings is 2. The third-order valence-corrected chi connectivity index (χ3v) is 13.3. The van der Waals surface area contributed by atoms with E-state index in [4.69, 9.17) is 0 Å². The van der Waals surface area contributed by atoms with Gasteiger partial charge < -0.3 is 35.5 Å². The number of amides is 4. The second-order valence-electron chi connectivity index (χ2n) is 15.5. The number of H-pyrrole nitrogens is 2. The van der Waals surface area contributed by atoms with E-state index in [0.717, 1.165) is 67.2 Å². The molecule has 0 radical (unpaired) electrons. The molecule has 5 N–H and O–H groups in total. The molecule has 4 amide bonds. The topological polar surface area (TPSA) is 176 Å². The summed E-state index contributed by atoms with van der Waals surface area (Å²) in [5.74, 6) is 6.63. The van der Waals surface area contributed by atoms with Gasteiger partial charge in [0.1, 0.15) is 36.0 Å². The molecule has 8 rings (SSSR count). The lowest BCUT2D eigenvalue weighted by Crippen LogP contribution is -2.51. The third kappa shape index (κ3) is 8.63. The highest BCUT2D eigenvalue weighted by atomic mass is 32.1. The minimum atomic E-state index is -0.766. The number of hydrogen-bond donors (Lipinski definition) is 5. The molecule has 6 heterocycles. The molecule has 4 aromatic heterocycles. The number of aliphatic hydroxyl groups is 1. The van der Waals surface area contributed by atoms with Crippen LogP contribution in [0.4, 0.5) is 0 Å². The molecule has 4 atom stereocenters. The number of carbonyl (C=O) groups excluding carboxylic acids is 4. The summed E-state index contributed by atoms with van der Waals surface area (Å²) >= 11 is 3.36. The highest BCUT2D eigenvalue weighted by Gasteiger charge is 2.38. The van der Waals surface area contributed by atoms with Crippen LogP contribution in [-0.4, -0.2) is 84.2 Å². The summed E-state index contributed by atoms with van der Waals surface area (Å²) in [6.45, 7) is 5.67. The molecule has 308 valence electrons. The van der Waals surface area contributed by atoms with Crippen molar-refractivity contribution in [3.8, 4) is 33.5 Å². The molecular weight excluding hydrogens is 797 g/mol. The third-order valence-electron chi connectivity index (χ3n) is 11.0. The number of benzene rings is 2. The van der Waals surface area contributed by atoms with Crippen LogP contribution in [0.3, 0.4) is 0 Å². The van der Waals surface area contributed by atoms with Gasteiger partial charge in [0.2, 0.25) is 23.6 Å². The van der Waals surface area contributed by atoms with Crippen molar-refractivity contribution >= 4 is 55.7 Å². The largest absolute Gasteiger partial charge is 0.387 e. The van der Waals surface area contributed by atoms with Crippen LogP contribution >= 0.6 is 22.7 Å². The minimum Gasteiger partial charge on any atom is -0.387 e. The summed E-state index contributed by atoms with van der Waals surface area (Å²) in [6.07, 6.45) is 6.72. The molecule has 0 aliphatic carbocycles. The molecule has 6 aromatic rings. The van der Waals surface area contributed by atoms with Crippen LogP contribution in [-0.2, 0) is 19.2 Å². The number of nitrogens with one attached hydrogen (secondary N) is 4. The van der Waals surface area contributed by atoms with Gasteiger partial charge in [-0.2, -0.15) is 0 Å². The van der Waals surface area contributed by atoms with Crippen molar-refractivity contribution in [2.45, 2.75) is 70.6 Å². The van der Waals surface area contributed by atoms with Gasteiger partial charge in [-0.25, -0.2) is 9.97 Å². The van der Waals surface area contributed by atoms with E-state index in [1.807, 2.05) is 44.2 Å². The predicted molar refractivity (Wildman–Crippen MR) is 232 cm³/mol. The van der Waals surface area contributed by atoms with Gasteiger partial charge in [-0.05, 0) is 72.3 Å². The van der Waals surface area contributed by atoms with Crippen LogP contribution in [0.2, 0.25) is 0 Å². The van der Waals surface area contributed by atoms with Crippen LogP contribution < -0.4 is 10.6 Å².